The van der Waals surface area contributed by atoms with Crippen molar-refractivity contribution >= 4 is 0 Å². The summed E-state index contributed by atoms with van der Waals surface area (Å²) >= 11 is 0. The topological polar surface area (TPSA) is 55.5 Å². The van der Waals surface area contributed by atoms with Crippen molar-refractivity contribution in [3.8, 4) is 0 Å². The average Bonchev–Trinajstić information content (AvgIpc) is 2.39. The van der Waals surface area contributed by atoms with Crippen molar-refractivity contribution in [3.05, 3.63) is 0 Å². The van der Waals surface area contributed by atoms with Crippen molar-refractivity contribution in [2.75, 3.05) is 13.7 Å². The minimum absolute atomic E-state index is 0.0833. The lowest BCUT2D eigenvalue weighted by atomic mass is 9.65. The Hall–Kier alpha value is -0.120. The van der Waals surface area contributed by atoms with E-state index in [1.165, 1.54) is 25.7 Å². The number of hydrogen-bond donors (Lipinski definition) is 2. The SMILES string of the molecule is CCCC1CCC(CN)(C(O)CC(C)(C)OC)CC1. The fourth-order valence-electron chi connectivity index (χ4n) is 3.39. The zero-order valence-electron chi connectivity index (χ0n) is 13.2. The lowest BCUT2D eigenvalue weighted by Gasteiger charge is -2.44. The predicted octanol–water partition coefficient (Wildman–Crippen LogP) is 3.10. The first kappa shape index (κ1) is 16.9. The molecule has 0 radical (unpaired) electrons. The van der Waals surface area contributed by atoms with E-state index in [-0.39, 0.29) is 17.1 Å². The van der Waals surface area contributed by atoms with Crippen LogP contribution in [0.3, 0.4) is 0 Å². The molecule has 1 saturated carbocycles. The van der Waals surface area contributed by atoms with Gasteiger partial charge in [-0.05, 0) is 45.4 Å². The molecule has 0 saturated heterocycles. The van der Waals surface area contributed by atoms with Gasteiger partial charge in [0.25, 0.3) is 0 Å². The Morgan fingerprint density at radius 2 is 1.95 bits per heavy atom. The Morgan fingerprint density at radius 3 is 2.37 bits per heavy atom. The first-order valence-corrected chi connectivity index (χ1v) is 7.82. The zero-order chi connectivity index (χ0) is 14.5. The van der Waals surface area contributed by atoms with Crippen LogP contribution in [0.1, 0.15) is 65.7 Å². The van der Waals surface area contributed by atoms with Crippen molar-refractivity contribution in [2.24, 2.45) is 17.1 Å². The monoisotopic (exact) mass is 271 g/mol. The molecule has 1 aliphatic rings. The zero-order valence-corrected chi connectivity index (χ0v) is 13.2. The summed E-state index contributed by atoms with van der Waals surface area (Å²) in [7, 11) is 1.71. The molecule has 1 unspecified atom stereocenters. The maximum atomic E-state index is 10.6. The molecule has 1 atom stereocenters. The number of nitrogens with two attached hydrogens (primary N) is 1. The second kappa shape index (κ2) is 7.05. The third kappa shape index (κ3) is 4.44. The van der Waals surface area contributed by atoms with Crippen LogP contribution < -0.4 is 5.73 Å². The summed E-state index contributed by atoms with van der Waals surface area (Å²) in [5, 5.41) is 10.6. The highest BCUT2D eigenvalue weighted by Crippen LogP contribution is 2.44. The second-order valence-electron chi connectivity index (χ2n) is 6.98. The molecule has 0 amide bonds. The van der Waals surface area contributed by atoms with Crippen LogP contribution in [0, 0.1) is 11.3 Å². The molecule has 0 aromatic carbocycles. The van der Waals surface area contributed by atoms with Crippen LogP contribution in [-0.4, -0.2) is 30.5 Å². The molecule has 0 aromatic heterocycles. The Kier molecular flexibility index (Phi) is 6.28. The van der Waals surface area contributed by atoms with Crippen LogP contribution in [0.25, 0.3) is 0 Å². The van der Waals surface area contributed by atoms with Gasteiger partial charge < -0.3 is 15.6 Å². The third-order valence-corrected chi connectivity index (χ3v) is 5.15. The van der Waals surface area contributed by atoms with Gasteiger partial charge in [0.15, 0.2) is 0 Å². The summed E-state index contributed by atoms with van der Waals surface area (Å²) in [6.45, 7) is 6.90. The van der Waals surface area contributed by atoms with Gasteiger partial charge in [0, 0.05) is 25.5 Å². The van der Waals surface area contributed by atoms with Crippen molar-refractivity contribution in [3.63, 3.8) is 0 Å². The number of aliphatic hydroxyl groups is 1. The van der Waals surface area contributed by atoms with E-state index < -0.39 is 0 Å². The van der Waals surface area contributed by atoms with Gasteiger partial charge >= 0.3 is 0 Å². The summed E-state index contributed by atoms with van der Waals surface area (Å²) < 4.78 is 5.45. The lowest BCUT2D eigenvalue weighted by Crippen LogP contribution is -2.47. The fourth-order valence-corrected chi connectivity index (χ4v) is 3.39. The molecule has 0 aliphatic heterocycles. The first-order valence-electron chi connectivity index (χ1n) is 7.82. The number of methoxy groups -OCH3 is 1. The van der Waals surface area contributed by atoms with E-state index in [1.807, 2.05) is 13.8 Å². The van der Waals surface area contributed by atoms with Crippen LogP contribution in [0.2, 0.25) is 0 Å². The molecular formula is C16H33NO2. The van der Waals surface area contributed by atoms with Crippen molar-refractivity contribution in [1.29, 1.82) is 0 Å². The summed E-state index contributed by atoms with van der Waals surface area (Å²) in [6.07, 6.45) is 7.46. The van der Waals surface area contributed by atoms with E-state index in [9.17, 15) is 5.11 Å². The third-order valence-electron chi connectivity index (χ3n) is 5.15. The Morgan fingerprint density at radius 1 is 1.37 bits per heavy atom. The van der Waals surface area contributed by atoms with E-state index in [0.29, 0.717) is 13.0 Å². The molecule has 3 nitrogen and oxygen atoms in total. The van der Waals surface area contributed by atoms with Gasteiger partial charge in [0.2, 0.25) is 0 Å². The van der Waals surface area contributed by atoms with Gasteiger partial charge in [-0.25, -0.2) is 0 Å². The number of aliphatic hydroxyl groups excluding tert-OH is 1. The molecule has 0 spiro atoms. The highest BCUT2D eigenvalue weighted by molar-refractivity contribution is 4.94. The molecule has 1 rings (SSSR count). The first-order chi connectivity index (χ1) is 8.89. The van der Waals surface area contributed by atoms with Crippen LogP contribution in [0.4, 0.5) is 0 Å². The summed E-state index contributed by atoms with van der Waals surface area (Å²) in [5.41, 5.74) is 5.66. The highest BCUT2D eigenvalue weighted by Gasteiger charge is 2.42. The van der Waals surface area contributed by atoms with Crippen LogP contribution in [-0.2, 0) is 4.74 Å². The largest absolute Gasteiger partial charge is 0.392 e. The van der Waals surface area contributed by atoms with Crippen LogP contribution in [0.5, 0.6) is 0 Å². The second-order valence-corrected chi connectivity index (χ2v) is 6.98. The van der Waals surface area contributed by atoms with Gasteiger partial charge in [-0.1, -0.05) is 19.8 Å². The Bertz CT molecular complexity index is 257. The summed E-state index contributed by atoms with van der Waals surface area (Å²) in [4.78, 5) is 0. The molecule has 19 heavy (non-hydrogen) atoms. The standard InChI is InChI=1S/C16H33NO2/c1-5-6-13-7-9-16(12-17,10-8-13)14(18)11-15(2,3)19-4/h13-14,18H,5-12,17H2,1-4H3. The number of rotatable bonds is 7. The molecule has 114 valence electrons. The Balaban J connectivity index is 2.62. The normalized spacial score (nSPS) is 30.3. The molecule has 0 heterocycles. The maximum absolute atomic E-state index is 10.6. The van der Waals surface area contributed by atoms with E-state index in [1.54, 1.807) is 7.11 Å². The number of hydrogen-bond acceptors (Lipinski definition) is 3. The maximum Gasteiger partial charge on any atom is 0.0647 e. The van der Waals surface area contributed by atoms with Gasteiger partial charge in [0.1, 0.15) is 0 Å². The van der Waals surface area contributed by atoms with Crippen molar-refractivity contribution < 1.29 is 9.84 Å². The molecule has 1 fully saturated rings. The van der Waals surface area contributed by atoms with E-state index in [2.05, 4.69) is 6.92 Å². The average molecular weight is 271 g/mol. The smallest absolute Gasteiger partial charge is 0.0647 e. The van der Waals surface area contributed by atoms with Crippen molar-refractivity contribution in [1.82, 2.24) is 0 Å². The van der Waals surface area contributed by atoms with E-state index in [4.69, 9.17) is 10.5 Å². The lowest BCUT2D eigenvalue weighted by molar-refractivity contribution is -0.0744. The molecule has 3 N–H and O–H groups in total. The molecule has 3 heteroatoms. The van der Waals surface area contributed by atoms with Gasteiger partial charge in [-0.3, -0.25) is 0 Å². The fraction of sp³-hybridized carbons (Fsp3) is 1.00. The quantitative estimate of drug-likeness (QED) is 0.748. The van der Waals surface area contributed by atoms with Gasteiger partial charge in [-0.2, -0.15) is 0 Å². The molecule has 1 aliphatic carbocycles. The Labute approximate surface area is 118 Å². The van der Waals surface area contributed by atoms with E-state index in [0.717, 1.165) is 18.8 Å². The molecule has 0 bridgehead atoms. The highest BCUT2D eigenvalue weighted by atomic mass is 16.5. The van der Waals surface area contributed by atoms with E-state index >= 15 is 0 Å². The minimum atomic E-state index is -0.352. The molecular weight excluding hydrogens is 238 g/mol. The van der Waals surface area contributed by atoms with Gasteiger partial charge in [-0.15, -0.1) is 0 Å². The van der Waals surface area contributed by atoms with Crippen LogP contribution >= 0.6 is 0 Å². The van der Waals surface area contributed by atoms with Crippen LogP contribution in [0.15, 0.2) is 0 Å². The molecule has 0 aromatic rings. The van der Waals surface area contributed by atoms with Gasteiger partial charge in [0.05, 0.1) is 11.7 Å². The minimum Gasteiger partial charge on any atom is -0.392 e. The summed E-state index contributed by atoms with van der Waals surface area (Å²) in [5.74, 6) is 0.840. The summed E-state index contributed by atoms with van der Waals surface area (Å²) in [6, 6.07) is 0. The predicted molar refractivity (Wildman–Crippen MR) is 80.1 cm³/mol. The number of ether oxygens (including phenoxy) is 1. The van der Waals surface area contributed by atoms with Crippen molar-refractivity contribution in [2.45, 2.75) is 77.4 Å².